The molecular formula is C7H15NO3. The molecule has 0 fully saturated rings. The van der Waals surface area contributed by atoms with Gasteiger partial charge in [0.1, 0.15) is 0 Å². The van der Waals surface area contributed by atoms with Crippen molar-refractivity contribution in [2.24, 2.45) is 5.92 Å². The van der Waals surface area contributed by atoms with Gasteiger partial charge in [-0.15, -0.1) is 0 Å². The summed E-state index contributed by atoms with van der Waals surface area (Å²) >= 11 is 0. The largest absolute Gasteiger partial charge is 0.465 e. The van der Waals surface area contributed by atoms with E-state index < -0.39 is 6.09 Å². The molecule has 0 radical (unpaired) electrons. The molecule has 0 aromatic heterocycles. The van der Waals surface area contributed by atoms with E-state index in [0.717, 1.165) is 0 Å². The lowest BCUT2D eigenvalue weighted by molar-refractivity contribution is 0.172. The molecule has 0 saturated carbocycles. The molecule has 4 heteroatoms. The van der Waals surface area contributed by atoms with Gasteiger partial charge in [0, 0.05) is 0 Å². The molecule has 0 bridgehead atoms. The Morgan fingerprint density at radius 3 is 2.36 bits per heavy atom. The van der Waals surface area contributed by atoms with E-state index in [-0.39, 0.29) is 12.6 Å². The molecule has 66 valence electrons. The van der Waals surface area contributed by atoms with Crippen LogP contribution in [-0.4, -0.2) is 29.0 Å². The van der Waals surface area contributed by atoms with Gasteiger partial charge in [0.15, 0.2) is 0 Å². The Morgan fingerprint density at radius 2 is 2.09 bits per heavy atom. The summed E-state index contributed by atoms with van der Waals surface area (Å²) in [5, 5.41) is 19.2. The first-order valence-corrected chi connectivity index (χ1v) is 3.66. The summed E-state index contributed by atoms with van der Waals surface area (Å²) in [7, 11) is 0. The molecule has 11 heavy (non-hydrogen) atoms. The van der Waals surface area contributed by atoms with Crippen LogP contribution in [0.5, 0.6) is 0 Å². The van der Waals surface area contributed by atoms with Crippen LogP contribution >= 0.6 is 0 Å². The van der Waals surface area contributed by atoms with Crippen LogP contribution in [0.1, 0.15) is 20.3 Å². The first kappa shape index (κ1) is 10.2. The molecule has 1 atom stereocenters. The van der Waals surface area contributed by atoms with Crippen molar-refractivity contribution in [2.45, 2.75) is 26.3 Å². The van der Waals surface area contributed by atoms with E-state index in [4.69, 9.17) is 10.2 Å². The number of amides is 1. The van der Waals surface area contributed by atoms with Crippen LogP contribution in [-0.2, 0) is 0 Å². The fraction of sp³-hybridized carbons (Fsp3) is 0.857. The zero-order chi connectivity index (χ0) is 8.85. The lowest BCUT2D eigenvalue weighted by Crippen LogP contribution is -2.37. The van der Waals surface area contributed by atoms with Gasteiger partial charge >= 0.3 is 6.09 Å². The number of nitrogens with one attached hydrogen (secondary N) is 1. The van der Waals surface area contributed by atoms with Gasteiger partial charge in [-0.2, -0.15) is 0 Å². The van der Waals surface area contributed by atoms with Crippen LogP contribution in [0.25, 0.3) is 0 Å². The molecule has 0 aromatic rings. The van der Waals surface area contributed by atoms with Crippen molar-refractivity contribution in [3.8, 4) is 0 Å². The maximum Gasteiger partial charge on any atom is 0.404 e. The summed E-state index contributed by atoms with van der Waals surface area (Å²) in [5.41, 5.74) is 0. The van der Waals surface area contributed by atoms with E-state index in [1.54, 1.807) is 0 Å². The minimum atomic E-state index is -1.08. The normalized spacial score (nSPS) is 13.1. The second-order valence-corrected chi connectivity index (χ2v) is 2.96. The molecule has 0 aliphatic rings. The van der Waals surface area contributed by atoms with E-state index in [0.29, 0.717) is 12.3 Å². The predicted molar refractivity (Wildman–Crippen MR) is 41.5 cm³/mol. The second-order valence-electron chi connectivity index (χ2n) is 2.96. The third-order valence-corrected chi connectivity index (χ3v) is 1.30. The lowest BCUT2D eigenvalue weighted by Gasteiger charge is -2.15. The summed E-state index contributed by atoms with van der Waals surface area (Å²) in [4.78, 5) is 10.1. The maximum absolute atomic E-state index is 10.1. The third-order valence-electron chi connectivity index (χ3n) is 1.30. The maximum atomic E-state index is 10.1. The van der Waals surface area contributed by atoms with Gasteiger partial charge in [-0.3, -0.25) is 0 Å². The number of aliphatic hydroxyl groups is 1. The van der Waals surface area contributed by atoms with Crippen molar-refractivity contribution in [2.75, 3.05) is 6.61 Å². The van der Waals surface area contributed by atoms with Crippen LogP contribution in [0.3, 0.4) is 0 Å². The number of rotatable bonds is 4. The van der Waals surface area contributed by atoms with Crippen molar-refractivity contribution in [1.29, 1.82) is 0 Å². The monoisotopic (exact) mass is 161 g/mol. The Balaban J connectivity index is 3.66. The van der Waals surface area contributed by atoms with E-state index in [1.165, 1.54) is 0 Å². The Labute approximate surface area is 66.2 Å². The first-order chi connectivity index (χ1) is 5.06. The van der Waals surface area contributed by atoms with E-state index in [1.807, 2.05) is 13.8 Å². The van der Waals surface area contributed by atoms with Crippen LogP contribution in [0.15, 0.2) is 0 Å². The molecule has 0 rings (SSSR count). The van der Waals surface area contributed by atoms with Crippen molar-refractivity contribution >= 4 is 6.09 Å². The molecule has 0 spiro atoms. The lowest BCUT2D eigenvalue weighted by atomic mass is 10.0. The molecule has 0 heterocycles. The van der Waals surface area contributed by atoms with Gasteiger partial charge < -0.3 is 15.5 Å². The predicted octanol–water partition coefficient (Wildman–Crippen LogP) is 0.661. The van der Waals surface area contributed by atoms with Gasteiger partial charge in [0.25, 0.3) is 0 Å². The number of carbonyl (C=O) groups is 1. The van der Waals surface area contributed by atoms with Crippen LogP contribution in [0.2, 0.25) is 0 Å². The Morgan fingerprint density at radius 1 is 1.55 bits per heavy atom. The van der Waals surface area contributed by atoms with Gasteiger partial charge in [-0.05, 0) is 12.3 Å². The number of hydrogen-bond acceptors (Lipinski definition) is 2. The fourth-order valence-corrected chi connectivity index (χ4v) is 0.923. The van der Waals surface area contributed by atoms with Crippen molar-refractivity contribution in [3.63, 3.8) is 0 Å². The average Bonchev–Trinajstić information content (AvgIpc) is 1.84. The second kappa shape index (κ2) is 4.96. The van der Waals surface area contributed by atoms with Crippen LogP contribution < -0.4 is 5.32 Å². The molecule has 0 aliphatic heterocycles. The highest BCUT2D eigenvalue weighted by Crippen LogP contribution is 2.03. The summed E-state index contributed by atoms with van der Waals surface area (Å²) in [5.74, 6) is 0.388. The summed E-state index contributed by atoms with van der Waals surface area (Å²) in [6.07, 6.45) is -0.410. The van der Waals surface area contributed by atoms with Gasteiger partial charge in [0.2, 0.25) is 0 Å². The summed E-state index contributed by atoms with van der Waals surface area (Å²) < 4.78 is 0. The minimum Gasteiger partial charge on any atom is -0.465 e. The van der Waals surface area contributed by atoms with Gasteiger partial charge in [0.05, 0.1) is 12.6 Å². The van der Waals surface area contributed by atoms with Crippen LogP contribution in [0, 0.1) is 5.92 Å². The zero-order valence-corrected chi connectivity index (χ0v) is 6.87. The molecule has 3 N–H and O–H groups in total. The van der Waals surface area contributed by atoms with Gasteiger partial charge in [-0.1, -0.05) is 13.8 Å². The Kier molecular flexibility index (Phi) is 4.61. The molecule has 0 saturated heterocycles. The molecule has 0 aliphatic carbocycles. The first-order valence-electron chi connectivity index (χ1n) is 3.66. The molecule has 1 amide bonds. The number of aliphatic hydroxyl groups excluding tert-OH is 1. The molecule has 0 unspecified atom stereocenters. The highest BCUT2D eigenvalue weighted by atomic mass is 16.4. The molecule has 0 aromatic carbocycles. The van der Waals surface area contributed by atoms with Crippen molar-refractivity contribution in [1.82, 2.24) is 5.32 Å². The number of hydrogen-bond donors (Lipinski definition) is 3. The summed E-state index contributed by atoms with van der Waals surface area (Å²) in [6.45, 7) is 3.82. The Bertz CT molecular complexity index is 125. The van der Waals surface area contributed by atoms with Crippen molar-refractivity contribution in [3.05, 3.63) is 0 Å². The van der Waals surface area contributed by atoms with Crippen LogP contribution in [0.4, 0.5) is 4.79 Å². The van der Waals surface area contributed by atoms with E-state index >= 15 is 0 Å². The highest BCUT2D eigenvalue weighted by Gasteiger charge is 2.11. The topological polar surface area (TPSA) is 69.6 Å². The third kappa shape index (κ3) is 5.66. The smallest absolute Gasteiger partial charge is 0.404 e. The SMILES string of the molecule is CC(C)C[C@@H](CO)NC(=O)O. The number of carboxylic acid groups (broad SMARTS) is 1. The minimum absolute atomic E-state index is 0.134. The quantitative estimate of drug-likeness (QED) is 0.567. The summed E-state index contributed by atoms with van der Waals surface area (Å²) in [6, 6.07) is -0.326. The van der Waals surface area contributed by atoms with Crippen molar-refractivity contribution < 1.29 is 15.0 Å². The molecular weight excluding hydrogens is 146 g/mol. The molecule has 4 nitrogen and oxygen atoms in total. The van der Waals surface area contributed by atoms with E-state index in [2.05, 4.69) is 5.32 Å². The Hall–Kier alpha value is -0.770. The van der Waals surface area contributed by atoms with Gasteiger partial charge in [-0.25, -0.2) is 4.79 Å². The standard InChI is InChI=1S/C7H15NO3/c1-5(2)3-6(4-9)8-7(10)11/h5-6,8-9H,3-4H2,1-2H3,(H,10,11)/t6-/m0/s1. The fourth-order valence-electron chi connectivity index (χ4n) is 0.923. The van der Waals surface area contributed by atoms with E-state index in [9.17, 15) is 4.79 Å². The highest BCUT2D eigenvalue weighted by molar-refractivity contribution is 5.64. The average molecular weight is 161 g/mol. The zero-order valence-electron chi connectivity index (χ0n) is 6.87.